The highest BCUT2D eigenvalue weighted by Gasteiger charge is 2.09. The quantitative estimate of drug-likeness (QED) is 0.812. The average molecular weight is 231 g/mol. The maximum Gasteiger partial charge on any atom is 0.339 e. The minimum Gasteiger partial charge on any atom is -0.478 e. The number of carboxylic acids is 1. The van der Waals surface area contributed by atoms with Crippen LogP contribution in [-0.4, -0.2) is 31.0 Å². The molecular formula is C10H9N5O2. The van der Waals surface area contributed by atoms with E-state index in [0.29, 0.717) is 17.3 Å². The lowest BCUT2D eigenvalue weighted by atomic mass is 10.2. The van der Waals surface area contributed by atoms with Gasteiger partial charge in [-0.15, -0.1) is 0 Å². The van der Waals surface area contributed by atoms with E-state index < -0.39 is 5.97 Å². The van der Waals surface area contributed by atoms with E-state index in [0.717, 1.165) is 0 Å². The number of carbonyl (C=O) groups is 1. The highest BCUT2D eigenvalue weighted by molar-refractivity contribution is 5.88. The topological polar surface area (TPSA) is 101 Å². The molecule has 2 N–H and O–H groups in total. The fourth-order valence-electron chi connectivity index (χ4n) is 1.23. The summed E-state index contributed by atoms with van der Waals surface area (Å²) in [6.07, 6.45) is 5.80. The first-order valence-corrected chi connectivity index (χ1v) is 4.76. The first-order chi connectivity index (χ1) is 8.16. The molecule has 0 fully saturated rings. The van der Waals surface area contributed by atoms with E-state index in [1.165, 1.54) is 12.5 Å². The van der Waals surface area contributed by atoms with Crippen LogP contribution in [0.2, 0.25) is 0 Å². The molecule has 0 aliphatic rings. The van der Waals surface area contributed by atoms with Gasteiger partial charge in [0.1, 0.15) is 6.33 Å². The Kier molecular flexibility index (Phi) is 2.91. The van der Waals surface area contributed by atoms with Crippen LogP contribution in [0.4, 0.5) is 11.6 Å². The molecule has 86 valence electrons. The van der Waals surface area contributed by atoms with Crippen LogP contribution in [0.1, 0.15) is 16.1 Å². The first kappa shape index (κ1) is 10.9. The number of anilines is 2. The second kappa shape index (κ2) is 4.52. The Morgan fingerprint density at radius 3 is 2.59 bits per heavy atom. The molecule has 0 atom stereocenters. The number of aromatic nitrogens is 4. The zero-order valence-electron chi connectivity index (χ0n) is 8.95. The molecule has 0 spiro atoms. The van der Waals surface area contributed by atoms with Crippen molar-refractivity contribution in [1.82, 2.24) is 19.9 Å². The summed E-state index contributed by atoms with van der Waals surface area (Å²) in [6, 6.07) is 0. The molecule has 7 nitrogen and oxygen atoms in total. The molecule has 17 heavy (non-hydrogen) atoms. The third kappa shape index (κ3) is 2.51. The van der Waals surface area contributed by atoms with Crippen molar-refractivity contribution in [2.75, 3.05) is 5.32 Å². The van der Waals surface area contributed by atoms with Crippen LogP contribution >= 0.6 is 0 Å². The Balaban J connectivity index is 2.24. The van der Waals surface area contributed by atoms with Crippen LogP contribution in [0.3, 0.4) is 0 Å². The van der Waals surface area contributed by atoms with Gasteiger partial charge in [-0.05, 0) is 6.92 Å². The lowest BCUT2D eigenvalue weighted by molar-refractivity contribution is 0.0695. The van der Waals surface area contributed by atoms with Crippen LogP contribution < -0.4 is 5.32 Å². The SMILES string of the molecule is Cc1nc(Nc2cncnc2)ncc1C(=O)O. The Morgan fingerprint density at radius 2 is 2.00 bits per heavy atom. The van der Waals surface area contributed by atoms with E-state index in [-0.39, 0.29) is 5.56 Å². The second-order valence-corrected chi connectivity index (χ2v) is 3.25. The second-order valence-electron chi connectivity index (χ2n) is 3.25. The van der Waals surface area contributed by atoms with E-state index in [1.807, 2.05) is 0 Å². The lowest BCUT2D eigenvalue weighted by Gasteiger charge is -2.05. The van der Waals surface area contributed by atoms with Gasteiger partial charge in [-0.3, -0.25) is 0 Å². The van der Waals surface area contributed by atoms with Gasteiger partial charge in [0.25, 0.3) is 0 Å². The smallest absolute Gasteiger partial charge is 0.339 e. The molecule has 0 amide bonds. The van der Waals surface area contributed by atoms with Gasteiger partial charge in [0.15, 0.2) is 0 Å². The van der Waals surface area contributed by atoms with Crippen molar-refractivity contribution in [2.24, 2.45) is 0 Å². The molecule has 7 heteroatoms. The third-order valence-corrected chi connectivity index (χ3v) is 2.03. The van der Waals surface area contributed by atoms with Crippen molar-refractivity contribution in [3.8, 4) is 0 Å². The van der Waals surface area contributed by atoms with Gasteiger partial charge >= 0.3 is 5.97 Å². The molecule has 0 saturated heterocycles. The van der Waals surface area contributed by atoms with Crippen molar-refractivity contribution in [3.63, 3.8) is 0 Å². The van der Waals surface area contributed by atoms with E-state index in [9.17, 15) is 4.79 Å². The molecule has 0 radical (unpaired) electrons. The van der Waals surface area contributed by atoms with Gasteiger partial charge < -0.3 is 10.4 Å². The summed E-state index contributed by atoms with van der Waals surface area (Å²) in [5.41, 5.74) is 1.11. The summed E-state index contributed by atoms with van der Waals surface area (Å²) in [5.74, 6) is -0.737. The number of nitrogens with one attached hydrogen (secondary N) is 1. The third-order valence-electron chi connectivity index (χ3n) is 2.03. The molecule has 2 aromatic heterocycles. The summed E-state index contributed by atoms with van der Waals surface area (Å²) in [6.45, 7) is 1.61. The fraction of sp³-hybridized carbons (Fsp3) is 0.100. The van der Waals surface area contributed by atoms with E-state index in [2.05, 4.69) is 25.3 Å². The highest BCUT2D eigenvalue weighted by Crippen LogP contribution is 2.11. The predicted octanol–water partition coefficient (Wildman–Crippen LogP) is 1.02. The fourth-order valence-corrected chi connectivity index (χ4v) is 1.23. The van der Waals surface area contributed by atoms with E-state index >= 15 is 0 Å². The van der Waals surface area contributed by atoms with Crippen LogP contribution in [0.5, 0.6) is 0 Å². The van der Waals surface area contributed by atoms with Gasteiger partial charge in [-0.2, -0.15) is 0 Å². The molecule has 2 aromatic rings. The summed E-state index contributed by atoms with van der Waals surface area (Å²) in [4.78, 5) is 26.4. The zero-order chi connectivity index (χ0) is 12.3. The number of hydrogen-bond acceptors (Lipinski definition) is 6. The molecule has 0 aromatic carbocycles. The molecule has 0 bridgehead atoms. The monoisotopic (exact) mass is 231 g/mol. The Hall–Kier alpha value is -2.57. The minimum atomic E-state index is -1.04. The summed E-state index contributed by atoms with van der Waals surface area (Å²) in [5, 5.41) is 11.7. The van der Waals surface area contributed by atoms with Crippen LogP contribution in [0, 0.1) is 6.92 Å². The largest absolute Gasteiger partial charge is 0.478 e. The summed E-state index contributed by atoms with van der Waals surface area (Å²) in [7, 11) is 0. The maximum absolute atomic E-state index is 10.8. The summed E-state index contributed by atoms with van der Waals surface area (Å²) < 4.78 is 0. The van der Waals surface area contributed by atoms with E-state index in [4.69, 9.17) is 5.11 Å². The highest BCUT2D eigenvalue weighted by atomic mass is 16.4. The van der Waals surface area contributed by atoms with Crippen molar-refractivity contribution < 1.29 is 9.90 Å². The number of aromatic carboxylic acids is 1. The molecule has 2 rings (SSSR count). The van der Waals surface area contributed by atoms with Crippen molar-refractivity contribution >= 4 is 17.6 Å². The summed E-state index contributed by atoms with van der Waals surface area (Å²) >= 11 is 0. The molecule has 0 aliphatic carbocycles. The standard InChI is InChI=1S/C10H9N5O2/c1-6-8(9(16)17)4-13-10(14-6)15-7-2-11-5-12-3-7/h2-5H,1H3,(H,16,17)(H,13,14,15). The van der Waals surface area contributed by atoms with Gasteiger partial charge in [-0.1, -0.05) is 0 Å². The molecule has 0 saturated carbocycles. The number of carboxylic acid groups (broad SMARTS) is 1. The lowest BCUT2D eigenvalue weighted by Crippen LogP contribution is -2.06. The van der Waals surface area contributed by atoms with Crippen LogP contribution in [0.15, 0.2) is 24.9 Å². The van der Waals surface area contributed by atoms with Crippen molar-refractivity contribution in [2.45, 2.75) is 6.92 Å². The number of aryl methyl sites for hydroxylation is 1. The van der Waals surface area contributed by atoms with Crippen LogP contribution in [0.25, 0.3) is 0 Å². The number of hydrogen-bond donors (Lipinski definition) is 2. The van der Waals surface area contributed by atoms with E-state index in [1.54, 1.807) is 19.3 Å². The number of rotatable bonds is 3. The maximum atomic E-state index is 10.8. The first-order valence-electron chi connectivity index (χ1n) is 4.76. The Labute approximate surface area is 96.6 Å². The van der Waals surface area contributed by atoms with Gasteiger partial charge in [0.2, 0.25) is 5.95 Å². The van der Waals surface area contributed by atoms with Gasteiger partial charge in [0.05, 0.1) is 29.3 Å². The average Bonchev–Trinajstić information content (AvgIpc) is 2.30. The molecule has 0 unspecified atom stereocenters. The molecular weight excluding hydrogens is 222 g/mol. The van der Waals surface area contributed by atoms with Crippen molar-refractivity contribution in [1.29, 1.82) is 0 Å². The minimum absolute atomic E-state index is 0.0832. The molecule has 0 aliphatic heterocycles. The Bertz CT molecular complexity index is 544. The van der Waals surface area contributed by atoms with Crippen molar-refractivity contribution in [3.05, 3.63) is 36.2 Å². The number of nitrogens with zero attached hydrogens (tertiary/aromatic N) is 4. The van der Waals surface area contributed by atoms with Crippen LogP contribution in [-0.2, 0) is 0 Å². The van der Waals surface area contributed by atoms with Gasteiger partial charge in [0, 0.05) is 6.20 Å². The normalized spacial score (nSPS) is 9.94. The van der Waals surface area contributed by atoms with Gasteiger partial charge in [-0.25, -0.2) is 24.7 Å². The molecule has 2 heterocycles. The predicted molar refractivity (Wildman–Crippen MR) is 59.0 cm³/mol. The zero-order valence-corrected chi connectivity index (χ0v) is 8.95. The Morgan fingerprint density at radius 1 is 1.29 bits per heavy atom.